The quantitative estimate of drug-likeness (QED) is 0.489. The van der Waals surface area contributed by atoms with Crippen molar-refractivity contribution in [1.29, 1.82) is 0 Å². The van der Waals surface area contributed by atoms with Gasteiger partial charge >= 0.3 is 123 Å². The molecule has 2 rings (SSSR count). The Kier molecular flexibility index (Phi) is 3.60. The second kappa shape index (κ2) is 4.71. The fourth-order valence-electron chi connectivity index (χ4n) is 1.71. The van der Waals surface area contributed by atoms with Crippen molar-refractivity contribution in [2.24, 2.45) is 0 Å². The van der Waals surface area contributed by atoms with Crippen LogP contribution in [0.1, 0.15) is 0 Å². The third kappa shape index (κ3) is 2.82. The van der Waals surface area contributed by atoms with E-state index in [0.29, 0.717) is 0 Å². The van der Waals surface area contributed by atoms with Crippen molar-refractivity contribution in [1.82, 2.24) is 0 Å². The molecule has 0 saturated carbocycles. The Balaban J connectivity index is 2.95. The van der Waals surface area contributed by atoms with E-state index in [9.17, 15) is 21.9 Å². The van der Waals surface area contributed by atoms with Gasteiger partial charge in [0.25, 0.3) is 0 Å². The summed E-state index contributed by atoms with van der Waals surface area (Å²) in [5, 5.41) is 10.0. The van der Waals surface area contributed by atoms with Gasteiger partial charge < -0.3 is 0 Å². The molecule has 3 N–H and O–H groups in total. The molecule has 0 atom stereocenters. The summed E-state index contributed by atoms with van der Waals surface area (Å²) >= 11 is 2.00. The number of phenols is 1. The van der Waals surface area contributed by atoms with Gasteiger partial charge in [0.1, 0.15) is 0 Å². The molecular weight excluding hydrogens is 371 g/mol. The van der Waals surface area contributed by atoms with Crippen LogP contribution in [0.15, 0.2) is 34.1 Å². The number of aromatic hydroxyl groups is 1. The molecule has 0 aliphatic rings. The average Bonchev–Trinajstić information content (AvgIpc) is 2.25. The molecule has 10 heteroatoms. The number of hydrogen-bond donors (Lipinski definition) is 3. The Morgan fingerprint density at radius 1 is 0.850 bits per heavy atom. The monoisotopic (exact) mass is 378 g/mol. The molecule has 2 radical (unpaired) electrons. The van der Waals surface area contributed by atoms with Crippen molar-refractivity contribution >= 4 is 52.2 Å². The standard InChI is InChI=1S/C10H7AsO7S2/c11-8-3-6(19(13,14)15)1-5-2-7(20(16,17)18)4-9(12)10(5)8/h1-4,12H,(H,13,14,15)(H,16,17,18). The number of hydrogen-bond acceptors (Lipinski definition) is 5. The van der Waals surface area contributed by atoms with Gasteiger partial charge in [-0.1, -0.05) is 0 Å². The predicted octanol–water partition coefficient (Wildman–Crippen LogP) is -0.167. The van der Waals surface area contributed by atoms with Crippen LogP contribution in [0.2, 0.25) is 0 Å². The molecule has 0 spiro atoms. The van der Waals surface area contributed by atoms with Crippen molar-refractivity contribution in [3.8, 4) is 5.75 Å². The van der Waals surface area contributed by atoms with Crippen LogP contribution in [0, 0.1) is 0 Å². The maximum atomic E-state index is 11.1. The van der Waals surface area contributed by atoms with Crippen molar-refractivity contribution in [3.63, 3.8) is 0 Å². The summed E-state index contributed by atoms with van der Waals surface area (Å²) in [6, 6.07) is 3.96. The van der Waals surface area contributed by atoms with Gasteiger partial charge in [0.15, 0.2) is 0 Å². The van der Waals surface area contributed by atoms with Gasteiger partial charge in [0.05, 0.1) is 0 Å². The molecule has 0 fully saturated rings. The first-order valence-corrected chi connectivity index (χ1v) is 8.77. The summed E-state index contributed by atoms with van der Waals surface area (Å²) in [7, 11) is -9.04. The first-order chi connectivity index (χ1) is 9.00. The fraction of sp³-hybridized carbons (Fsp3) is 0. The number of benzene rings is 2. The molecule has 106 valence electrons. The average molecular weight is 378 g/mol. The summed E-state index contributed by atoms with van der Waals surface area (Å²) in [6.45, 7) is 0. The zero-order chi connectivity index (χ0) is 15.3. The molecule has 2 aromatic rings. The first kappa shape index (κ1) is 15.3. The summed E-state index contributed by atoms with van der Waals surface area (Å²) in [4.78, 5) is -1.03. The van der Waals surface area contributed by atoms with Gasteiger partial charge in [-0.25, -0.2) is 0 Å². The van der Waals surface area contributed by atoms with Gasteiger partial charge in [0.2, 0.25) is 0 Å². The van der Waals surface area contributed by atoms with Crippen molar-refractivity contribution in [2.75, 3.05) is 0 Å². The zero-order valence-electron chi connectivity index (χ0n) is 9.55. The van der Waals surface area contributed by atoms with Crippen molar-refractivity contribution in [3.05, 3.63) is 24.3 Å². The fourth-order valence-corrected chi connectivity index (χ4v) is 3.79. The van der Waals surface area contributed by atoms with E-state index in [2.05, 4.69) is 0 Å². The molecule has 0 aromatic heterocycles. The predicted molar refractivity (Wildman–Crippen MR) is 70.6 cm³/mol. The third-order valence-corrected chi connectivity index (χ3v) is 4.95. The molecular formula is C10H7AsO7S2. The Morgan fingerprint density at radius 2 is 1.30 bits per heavy atom. The van der Waals surface area contributed by atoms with Crippen LogP contribution in [0.4, 0.5) is 0 Å². The summed E-state index contributed by atoms with van der Waals surface area (Å²) in [5.41, 5.74) is 0. The van der Waals surface area contributed by atoms with Crippen molar-refractivity contribution in [2.45, 2.75) is 9.79 Å². The molecule has 0 aliphatic heterocycles. The molecule has 0 heterocycles. The molecule has 0 unspecified atom stereocenters. The van der Waals surface area contributed by atoms with Crippen LogP contribution < -0.4 is 4.35 Å². The summed E-state index contributed by atoms with van der Waals surface area (Å²) in [5.74, 6) is -0.437. The molecule has 0 saturated heterocycles. The van der Waals surface area contributed by atoms with E-state index in [-0.39, 0.29) is 15.1 Å². The van der Waals surface area contributed by atoms with E-state index in [0.717, 1.165) is 24.3 Å². The molecule has 0 amide bonds. The zero-order valence-corrected chi connectivity index (χ0v) is 13.1. The minimum absolute atomic E-state index is 0.0448. The van der Waals surface area contributed by atoms with Gasteiger partial charge in [-0.3, -0.25) is 0 Å². The summed E-state index contributed by atoms with van der Waals surface area (Å²) in [6.07, 6.45) is 0. The molecule has 0 bridgehead atoms. The number of phenolic OH excluding ortho intramolecular Hbond substituents is 1. The number of fused-ring (bicyclic) bond motifs is 1. The maximum absolute atomic E-state index is 11.1. The van der Waals surface area contributed by atoms with E-state index >= 15 is 0 Å². The Labute approximate surface area is 123 Å². The second-order valence-electron chi connectivity index (χ2n) is 3.93. The second-order valence-corrected chi connectivity index (χ2v) is 7.79. The molecule has 7 nitrogen and oxygen atoms in total. The van der Waals surface area contributed by atoms with E-state index < -0.39 is 35.8 Å². The van der Waals surface area contributed by atoms with Crippen LogP contribution in [0.3, 0.4) is 0 Å². The Bertz CT molecular complexity index is 844. The van der Waals surface area contributed by atoms with E-state index in [1.165, 1.54) is 0 Å². The van der Waals surface area contributed by atoms with E-state index in [4.69, 9.17) is 9.11 Å². The van der Waals surface area contributed by atoms with Crippen LogP contribution in [0.5, 0.6) is 5.75 Å². The normalized spacial score (nSPS) is 12.8. The van der Waals surface area contributed by atoms with Crippen LogP contribution in [-0.2, 0) is 20.2 Å². The van der Waals surface area contributed by atoms with E-state index in [1.54, 1.807) is 0 Å². The summed E-state index contributed by atoms with van der Waals surface area (Å²) < 4.78 is 62.6. The van der Waals surface area contributed by atoms with Gasteiger partial charge in [-0.05, 0) is 0 Å². The van der Waals surface area contributed by atoms with Crippen LogP contribution in [-0.4, -0.2) is 47.9 Å². The molecule has 2 aromatic carbocycles. The first-order valence-electron chi connectivity index (χ1n) is 4.95. The van der Waals surface area contributed by atoms with Crippen LogP contribution >= 0.6 is 0 Å². The Hall–Kier alpha value is -1.12. The minimum atomic E-state index is -4.56. The van der Waals surface area contributed by atoms with Gasteiger partial charge in [-0.2, -0.15) is 0 Å². The van der Waals surface area contributed by atoms with Crippen LogP contribution in [0.25, 0.3) is 10.8 Å². The molecule has 20 heavy (non-hydrogen) atoms. The SMILES string of the molecule is O=S(=O)(O)c1cc(O)c2c([As])cc(S(=O)(=O)O)cc2c1. The molecule has 0 aliphatic carbocycles. The van der Waals surface area contributed by atoms with Gasteiger partial charge in [0, 0.05) is 0 Å². The number of rotatable bonds is 2. The van der Waals surface area contributed by atoms with E-state index in [1.807, 2.05) is 16.9 Å². The Morgan fingerprint density at radius 3 is 1.75 bits per heavy atom. The van der Waals surface area contributed by atoms with Crippen molar-refractivity contribution < 1.29 is 31.0 Å². The topological polar surface area (TPSA) is 129 Å². The van der Waals surface area contributed by atoms with Gasteiger partial charge in [-0.15, -0.1) is 0 Å². The third-order valence-electron chi connectivity index (χ3n) is 2.55.